The summed E-state index contributed by atoms with van der Waals surface area (Å²) in [6, 6.07) is 0.866. The lowest BCUT2D eigenvalue weighted by Gasteiger charge is -2.55. The summed E-state index contributed by atoms with van der Waals surface area (Å²) in [4.78, 5) is 2.90. The molecule has 3 aliphatic rings. The van der Waals surface area contributed by atoms with Crippen LogP contribution in [0.1, 0.15) is 51.4 Å². The summed E-state index contributed by atoms with van der Waals surface area (Å²) >= 11 is 0. The lowest BCUT2D eigenvalue weighted by Crippen LogP contribution is -2.67. The van der Waals surface area contributed by atoms with E-state index in [1.54, 1.807) is 0 Å². The Morgan fingerprint density at radius 3 is 2.73 bits per heavy atom. The zero-order valence-corrected chi connectivity index (χ0v) is 9.80. The first-order valence-electron chi connectivity index (χ1n) is 6.88. The van der Waals surface area contributed by atoms with Crippen LogP contribution in [0.25, 0.3) is 0 Å². The molecule has 0 amide bonds. The van der Waals surface area contributed by atoms with E-state index >= 15 is 0 Å². The second-order valence-electron chi connectivity index (χ2n) is 5.76. The molecule has 1 N–H and O–H groups in total. The maximum absolute atomic E-state index is 3.70. The van der Waals surface area contributed by atoms with Crippen LogP contribution < -0.4 is 5.32 Å². The lowest BCUT2D eigenvalue weighted by atomic mass is 9.76. The highest BCUT2D eigenvalue weighted by Crippen LogP contribution is 2.38. The van der Waals surface area contributed by atoms with Gasteiger partial charge in [-0.2, -0.15) is 0 Å². The van der Waals surface area contributed by atoms with Gasteiger partial charge in [-0.15, -0.1) is 0 Å². The summed E-state index contributed by atoms with van der Waals surface area (Å²) in [5.41, 5.74) is 0.571. The molecule has 1 aliphatic carbocycles. The van der Waals surface area contributed by atoms with E-state index in [1.165, 1.54) is 71.0 Å². The standard InChI is InChI=1S/C13H24N2/c1-3-7-13(8-4-1)11-14-10-12-6-2-5-9-15(12)13/h12,14H,1-11H2. The van der Waals surface area contributed by atoms with Crippen molar-refractivity contribution in [1.29, 1.82) is 0 Å². The predicted octanol–water partition coefficient (Wildman–Crippen LogP) is 2.15. The van der Waals surface area contributed by atoms with Gasteiger partial charge in [0.05, 0.1) is 0 Å². The van der Waals surface area contributed by atoms with Crippen LogP contribution in [-0.2, 0) is 0 Å². The van der Waals surface area contributed by atoms with Gasteiger partial charge in [0.2, 0.25) is 0 Å². The summed E-state index contributed by atoms with van der Waals surface area (Å²) < 4.78 is 0. The number of piperazine rings is 1. The Balaban J connectivity index is 1.79. The number of hydrogen-bond donors (Lipinski definition) is 1. The third-order valence-electron chi connectivity index (χ3n) is 4.85. The second-order valence-corrected chi connectivity index (χ2v) is 5.76. The molecule has 0 aromatic carbocycles. The molecule has 2 heterocycles. The van der Waals surface area contributed by atoms with E-state index < -0.39 is 0 Å². The quantitative estimate of drug-likeness (QED) is 0.656. The van der Waals surface area contributed by atoms with Gasteiger partial charge in [-0.05, 0) is 32.2 Å². The maximum atomic E-state index is 3.70. The molecule has 2 saturated heterocycles. The first kappa shape index (κ1) is 10.1. The fraction of sp³-hybridized carbons (Fsp3) is 1.00. The molecule has 2 aliphatic heterocycles. The van der Waals surface area contributed by atoms with Crippen LogP contribution in [0.3, 0.4) is 0 Å². The highest BCUT2D eigenvalue weighted by atomic mass is 15.3. The summed E-state index contributed by atoms with van der Waals surface area (Å²) in [5.74, 6) is 0. The van der Waals surface area contributed by atoms with Crippen LogP contribution >= 0.6 is 0 Å². The summed E-state index contributed by atoms with van der Waals surface area (Å²) in [6.45, 7) is 3.90. The van der Waals surface area contributed by atoms with Crippen LogP contribution in [0.15, 0.2) is 0 Å². The summed E-state index contributed by atoms with van der Waals surface area (Å²) in [5, 5.41) is 3.70. The van der Waals surface area contributed by atoms with Crippen LogP contribution in [0.2, 0.25) is 0 Å². The Bertz CT molecular complexity index is 213. The molecule has 0 aromatic heterocycles. The molecule has 2 heteroatoms. The van der Waals surface area contributed by atoms with E-state index in [9.17, 15) is 0 Å². The Morgan fingerprint density at radius 2 is 1.87 bits per heavy atom. The molecule has 1 unspecified atom stereocenters. The fourth-order valence-electron chi connectivity index (χ4n) is 4.08. The van der Waals surface area contributed by atoms with Crippen LogP contribution in [-0.4, -0.2) is 36.1 Å². The van der Waals surface area contributed by atoms with Crippen molar-refractivity contribution < 1.29 is 0 Å². The predicted molar refractivity (Wildman–Crippen MR) is 63.0 cm³/mol. The van der Waals surface area contributed by atoms with Gasteiger partial charge in [0.1, 0.15) is 0 Å². The van der Waals surface area contributed by atoms with Crippen molar-refractivity contribution in [2.24, 2.45) is 0 Å². The summed E-state index contributed by atoms with van der Waals surface area (Å²) in [6.07, 6.45) is 11.6. The molecule has 0 aromatic rings. The number of fused-ring (bicyclic) bond motifs is 2. The van der Waals surface area contributed by atoms with Crippen molar-refractivity contribution in [3.63, 3.8) is 0 Å². The highest BCUT2D eigenvalue weighted by molar-refractivity contribution is 5.02. The van der Waals surface area contributed by atoms with Crippen molar-refractivity contribution in [2.75, 3.05) is 19.6 Å². The van der Waals surface area contributed by atoms with E-state index in [4.69, 9.17) is 0 Å². The zero-order chi connectivity index (χ0) is 10.1. The molecule has 86 valence electrons. The van der Waals surface area contributed by atoms with E-state index in [0.29, 0.717) is 5.54 Å². The topological polar surface area (TPSA) is 15.3 Å². The Morgan fingerprint density at radius 1 is 1.00 bits per heavy atom. The van der Waals surface area contributed by atoms with E-state index in [2.05, 4.69) is 10.2 Å². The average molecular weight is 208 g/mol. The molecule has 1 saturated carbocycles. The molecule has 1 atom stereocenters. The van der Waals surface area contributed by atoms with Crippen LogP contribution in [0.5, 0.6) is 0 Å². The molecule has 2 nitrogen and oxygen atoms in total. The number of hydrogen-bond acceptors (Lipinski definition) is 2. The number of piperidine rings is 1. The van der Waals surface area contributed by atoms with Crippen LogP contribution in [0, 0.1) is 0 Å². The highest BCUT2D eigenvalue weighted by Gasteiger charge is 2.44. The minimum absolute atomic E-state index is 0.571. The number of rotatable bonds is 0. The Labute approximate surface area is 93.4 Å². The van der Waals surface area contributed by atoms with Crippen molar-refractivity contribution in [1.82, 2.24) is 10.2 Å². The minimum atomic E-state index is 0.571. The molecule has 1 spiro atoms. The molecule has 3 fully saturated rings. The first-order chi connectivity index (χ1) is 7.41. The Hall–Kier alpha value is -0.0800. The largest absolute Gasteiger partial charge is 0.313 e. The van der Waals surface area contributed by atoms with Crippen LogP contribution in [0.4, 0.5) is 0 Å². The monoisotopic (exact) mass is 208 g/mol. The van der Waals surface area contributed by atoms with Crippen molar-refractivity contribution in [3.8, 4) is 0 Å². The molecule has 15 heavy (non-hydrogen) atoms. The summed E-state index contributed by atoms with van der Waals surface area (Å²) in [7, 11) is 0. The Kier molecular flexibility index (Phi) is 2.73. The van der Waals surface area contributed by atoms with Gasteiger partial charge in [-0.25, -0.2) is 0 Å². The molecule has 0 radical (unpaired) electrons. The van der Waals surface area contributed by atoms with Gasteiger partial charge in [0, 0.05) is 24.7 Å². The molecule has 0 bridgehead atoms. The molecular weight excluding hydrogens is 184 g/mol. The van der Waals surface area contributed by atoms with E-state index in [1.807, 2.05) is 0 Å². The van der Waals surface area contributed by atoms with Gasteiger partial charge in [0.15, 0.2) is 0 Å². The van der Waals surface area contributed by atoms with Gasteiger partial charge in [-0.3, -0.25) is 4.90 Å². The third kappa shape index (κ3) is 1.72. The van der Waals surface area contributed by atoms with Gasteiger partial charge in [-0.1, -0.05) is 25.7 Å². The lowest BCUT2D eigenvalue weighted by molar-refractivity contribution is -0.0317. The van der Waals surface area contributed by atoms with Gasteiger partial charge < -0.3 is 5.32 Å². The zero-order valence-electron chi connectivity index (χ0n) is 9.80. The molecule has 3 rings (SSSR count). The van der Waals surface area contributed by atoms with Gasteiger partial charge in [0.25, 0.3) is 0 Å². The van der Waals surface area contributed by atoms with Crippen molar-refractivity contribution in [2.45, 2.75) is 62.9 Å². The number of nitrogens with zero attached hydrogens (tertiary/aromatic N) is 1. The second kappa shape index (κ2) is 4.06. The van der Waals surface area contributed by atoms with E-state index in [0.717, 1.165) is 6.04 Å². The third-order valence-corrected chi connectivity index (χ3v) is 4.85. The normalized spacial score (nSPS) is 36.4. The van der Waals surface area contributed by atoms with Gasteiger partial charge >= 0.3 is 0 Å². The van der Waals surface area contributed by atoms with Crippen molar-refractivity contribution in [3.05, 3.63) is 0 Å². The SMILES string of the molecule is C1CCC2(CC1)CNCC1CCCCN12. The molecular formula is C13H24N2. The van der Waals surface area contributed by atoms with E-state index in [-0.39, 0.29) is 0 Å². The number of nitrogens with one attached hydrogen (secondary N) is 1. The fourth-order valence-corrected chi connectivity index (χ4v) is 4.08. The first-order valence-corrected chi connectivity index (χ1v) is 6.88. The average Bonchev–Trinajstić information content (AvgIpc) is 2.31. The minimum Gasteiger partial charge on any atom is -0.313 e. The van der Waals surface area contributed by atoms with Crippen molar-refractivity contribution >= 4 is 0 Å². The maximum Gasteiger partial charge on any atom is 0.0337 e. The smallest absolute Gasteiger partial charge is 0.0337 e.